The number of nitrogens with one attached hydrogen (secondary N) is 1. The van der Waals surface area contributed by atoms with Crippen LogP contribution in [0.4, 0.5) is 0 Å². The number of halogens is 2. The van der Waals surface area contributed by atoms with Crippen LogP contribution in [-0.2, 0) is 4.79 Å². The van der Waals surface area contributed by atoms with E-state index in [1.54, 1.807) is 11.8 Å². The van der Waals surface area contributed by atoms with Gasteiger partial charge in [0.15, 0.2) is 0 Å². The van der Waals surface area contributed by atoms with Gasteiger partial charge in [0.25, 0.3) is 0 Å². The first-order chi connectivity index (χ1) is 8.59. The van der Waals surface area contributed by atoms with Gasteiger partial charge in [-0.05, 0) is 18.6 Å². The highest BCUT2D eigenvalue weighted by atomic mass is 35.5. The van der Waals surface area contributed by atoms with Crippen molar-refractivity contribution in [3.63, 3.8) is 0 Å². The molecule has 1 atom stereocenters. The Hall–Kier alpha value is -0.380. The first-order valence-corrected chi connectivity index (χ1v) is 7.81. The zero-order chi connectivity index (χ0) is 13.2. The van der Waals surface area contributed by atoms with Gasteiger partial charge >= 0.3 is 0 Å². The van der Waals surface area contributed by atoms with E-state index in [2.05, 4.69) is 11.4 Å². The van der Waals surface area contributed by atoms with Gasteiger partial charge in [-0.3, -0.25) is 4.79 Å². The third kappa shape index (κ3) is 2.79. The molecule has 2 rings (SSSR count). The molecule has 1 unspecified atom stereocenters. The van der Waals surface area contributed by atoms with Crippen molar-refractivity contribution in [3.8, 4) is 0 Å². The molecule has 0 fully saturated rings. The minimum atomic E-state index is -0.539. The molecule has 0 radical (unpaired) electrons. The quantitative estimate of drug-likeness (QED) is 0.865. The number of thioether (sulfide) groups is 1. The van der Waals surface area contributed by atoms with E-state index < -0.39 is 5.54 Å². The molecule has 2 nitrogen and oxygen atoms in total. The third-order valence-electron chi connectivity index (χ3n) is 3.03. The van der Waals surface area contributed by atoms with Crippen molar-refractivity contribution in [2.45, 2.75) is 23.3 Å². The normalized spacial score (nSPS) is 18.5. The van der Waals surface area contributed by atoms with E-state index in [1.807, 2.05) is 25.1 Å². The SMILES string of the molecule is CC(CCl)(CCl)NC(=O)C1CSc2ccccc21. The fourth-order valence-electron chi connectivity index (χ4n) is 1.87. The molecule has 0 aromatic heterocycles. The lowest BCUT2D eigenvalue weighted by Crippen LogP contribution is -2.50. The van der Waals surface area contributed by atoms with E-state index in [0.29, 0.717) is 11.8 Å². The van der Waals surface area contributed by atoms with Gasteiger partial charge in [0, 0.05) is 22.4 Å². The van der Waals surface area contributed by atoms with Gasteiger partial charge in [-0.2, -0.15) is 0 Å². The molecule has 1 heterocycles. The largest absolute Gasteiger partial charge is 0.348 e. The predicted molar refractivity (Wildman–Crippen MR) is 77.9 cm³/mol. The summed E-state index contributed by atoms with van der Waals surface area (Å²) in [6.45, 7) is 1.86. The minimum absolute atomic E-state index is 0.0104. The van der Waals surface area contributed by atoms with E-state index >= 15 is 0 Å². The highest BCUT2D eigenvalue weighted by Gasteiger charge is 2.33. The zero-order valence-electron chi connectivity index (χ0n) is 10.1. The van der Waals surface area contributed by atoms with Crippen LogP contribution in [0.3, 0.4) is 0 Å². The molecule has 5 heteroatoms. The maximum Gasteiger partial charge on any atom is 0.228 e. The van der Waals surface area contributed by atoms with Gasteiger partial charge in [-0.15, -0.1) is 35.0 Å². The first kappa shape index (κ1) is 14.0. The van der Waals surface area contributed by atoms with Gasteiger partial charge in [0.05, 0.1) is 11.5 Å². The van der Waals surface area contributed by atoms with Crippen molar-refractivity contribution >= 4 is 40.9 Å². The van der Waals surface area contributed by atoms with Crippen LogP contribution in [0, 0.1) is 0 Å². The zero-order valence-corrected chi connectivity index (χ0v) is 12.4. The lowest BCUT2D eigenvalue weighted by Gasteiger charge is -2.27. The maximum absolute atomic E-state index is 12.3. The molecule has 0 spiro atoms. The van der Waals surface area contributed by atoms with E-state index in [-0.39, 0.29) is 11.8 Å². The second-order valence-corrected chi connectivity index (χ2v) is 6.31. The summed E-state index contributed by atoms with van der Waals surface area (Å²) < 4.78 is 0. The molecular formula is C13H15Cl2NOS. The summed E-state index contributed by atoms with van der Waals surface area (Å²) in [5, 5.41) is 2.96. The topological polar surface area (TPSA) is 29.1 Å². The second-order valence-electron chi connectivity index (χ2n) is 4.72. The van der Waals surface area contributed by atoms with Crippen molar-refractivity contribution in [3.05, 3.63) is 29.8 Å². The Balaban J connectivity index is 2.12. The van der Waals surface area contributed by atoms with Gasteiger partial charge in [0.1, 0.15) is 0 Å². The van der Waals surface area contributed by atoms with Crippen LogP contribution < -0.4 is 5.32 Å². The van der Waals surface area contributed by atoms with Gasteiger partial charge in [0.2, 0.25) is 5.91 Å². The summed E-state index contributed by atoms with van der Waals surface area (Å²) in [6, 6.07) is 8.02. The molecule has 1 aliphatic heterocycles. The van der Waals surface area contributed by atoms with E-state index in [9.17, 15) is 4.79 Å². The fraction of sp³-hybridized carbons (Fsp3) is 0.462. The molecule has 0 aliphatic carbocycles. The number of carbonyl (C=O) groups excluding carboxylic acids is 1. The van der Waals surface area contributed by atoms with Crippen molar-refractivity contribution in [2.24, 2.45) is 0 Å². The predicted octanol–water partition coefficient (Wildman–Crippen LogP) is 3.23. The molecular weight excluding hydrogens is 289 g/mol. The van der Waals surface area contributed by atoms with E-state index in [0.717, 1.165) is 11.3 Å². The van der Waals surface area contributed by atoms with Gasteiger partial charge in [-0.25, -0.2) is 0 Å². The Kier molecular flexibility index (Phi) is 4.46. The summed E-state index contributed by atoms with van der Waals surface area (Å²) in [5.74, 6) is 1.31. The molecule has 1 amide bonds. The second kappa shape index (κ2) is 5.72. The smallest absolute Gasteiger partial charge is 0.228 e. The van der Waals surface area contributed by atoms with Crippen LogP contribution in [0.1, 0.15) is 18.4 Å². The average Bonchev–Trinajstić information content (AvgIpc) is 2.82. The molecule has 1 N–H and O–H groups in total. The molecule has 0 saturated heterocycles. The molecule has 1 aromatic rings. The Morgan fingerprint density at radius 1 is 1.44 bits per heavy atom. The number of benzene rings is 1. The van der Waals surface area contributed by atoms with Gasteiger partial charge in [-0.1, -0.05) is 18.2 Å². The van der Waals surface area contributed by atoms with Crippen LogP contribution in [0.2, 0.25) is 0 Å². The molecule has 0 saturated carbocycles. The standard InChI is InChI=1S/C13H15Cl2NOS/c1-13(7-14,8-15)16-12(17)10-6-18-11-5-3-2-4-9(10)11/h2-5,10H,6-8H2,1H3,(H,16,17). The van der Waals surface area contributed by atoms with Crippen LogP contribution in [0.25, 0.3) is 0 Å². The number of carbonyl (C=O) groups is 1. The summed E-state index contributed by atoms with van der Waals surface area (Å²) in [7, 11) is 0. The molecule has 1 aliphatic rings. The summed E-state index contributed by atoms with van der Waals surface area (Å²) in [6.07, 6.45) is 0. The lowest BCUT2D eigenvalue weighted by atomic mass is 9.98. The Bertz CT molecular complexity index is 448. The molecule has 18 heavy (non-hydrogen) atoms. The number of amides is 1. The summed E-state index contributed by atoms with van der Waals surface area (Å²) in [4.78, 5) is 13.5. The summed E-state index contributed by atoms with van der Waals surface area (Å²) in [5.41, 5.74) is 0.564. The highest BCUT2D eigenvalue weighted by molar-refractivity contribution is 7.99. The van der Waals surface area contributed by atoms with Crippen LogP contribution in [0.5, 0.6) is 0 Å². The number of fused-ring (bicyclic) bond motifs is 1. The molecule has 1 aromatic carbocycles. The summed E-state index contributed by atoms with van der Waals surface area (Å²) >= 11 is 13.4. The Morgan fingerprint density at radius 3 is 2.78 bits per heavy atom. The number of rotatable bonds is 4. The number of hydrogen-bond acceptors (Lipinski definition) is 2. The molecule has 98 valence electrons. The van der Waals surface area contributed by atoms with Crippen molar-refractivity contribution in [1.82, 2.24) is 5.32 Å². The number of alkyl halides is 2. The monoisotopic (exact) mass is 303 g/mol. The Morgan fingerprint density at radius 2 is 2.11 bits per heavy atom. The van der Waals surface area contributed by atoms with Gasteiger partial charge < -0.3 is 5.32 Å². The lowest BCUT2D eigenvalue weighted by molar-refractivity contribution is -0.123. The third-order valence-corrected chi connectivity index (χ3v) is 5.39. The van der Waals surface area contributed by atoms with E-state index in [4.69, 9.17) is 23.2 Å². The fourth-order valence-corrected chi connectivity index (χ4v) is 3.52. The van der Waals surface area contributed by atoms with Crippen LogP contribution in [-0.4, -0.2) is 29.0 Å². The van der Waals surface area contributed by atoms with Crippen molar-refractivity contribution < 1.29 is 4.79 Å². The first-order valence-electron chi connectivity index (χ1n) is 5.75. The van der Waals surface area contributed by atoms with Crippen LogP contribution >= 0.6 is 35.0 Å². The van der Waals surface area contributed by atoms with Crippen molar-refractivity contribution in [1.29, 1.82) is 0 Å². The highest BCUT2D eigenvalue weighted by Crippen LogP contribution is 2.39. The minimum Gasteiger partial charge on any atom is -0.348 e. The van der Waals surface area contributed by atoms with Crippen LogP contribution in [0.15, 0.2) is 29.2 Å². The Labute approximate surface area is 121 Å². The number of hydrogen-bond donors (Lipinski definition) is 1. The average molecular weight is 304 g/mol. The molecule has 0 bridgehead atoms. The van der Waals surface area contributed by atoms with Crippen molar-refractivity contribution in [2.75, 3.05) is 17.5 Å². The van der Waals surface area contributed by atoms with E-state index in [1.165, 1.54) is 4.90 Å². The maximum atomic E-state index is 12.3.